The van der Waals surface area contributed by atoms with E-state index in [0.717, 1.165) is 24.1 Å². The molecule has 4 heteroatoms. The second-order valence-corrected chi connectivity index (χ2v) is 11.4. The summed E-state index contributed by atoms with van der Waals surface area (Å²) in [7, 11) is 0. The smallest absolute Gasteiger partial charge is 0.251 e. The summed E-state index contributed by atoms with van der Waals surface area (Å²) in [5, 5.41) is 5.88. The molecular weight excluding hydrogens is 492 g/mol. The van der Waals surface area contributed by atoms with Crippen LogP contribution in [-0.4, -0.2) is 11.8 Å². The van der Waals surface area contributed by atoms with Crippen molar-refractivity contribution in [3.05, 3.63) is 65.7 Å². The van der Waals surface area contributed by atoms with E-state index in [4.69, 9.17) is 0 Å². The van der Waals surface area contributed by atoms with E-state index in [1.807, 2.05) is 30.3 Å². The molecule has 0 heterocycles. The first kappa shape index (κ1) is 33.6. The van der Waals surface area contributed by atoms with Crippen molar-refractivity contribution in [3.8, 4) is 0 Å². The molecule has 2 amide bonds. The summed E-state index contributed by atoms with van der Waals surface area (Å²) in [6.07, 6.45) is 26.3. The van der Waals surface area contributed by atoms with Gasteiger partial charge in [0, 0.05) is 24.2 Å². The largest absolute Gasteiger partial charge is 0.348 e. The Kier molecular flexibility index (Phi) is 19.4. The second kappa shape index (κ2) is 23.1. The van der Waals surface area contributed by atoms with Crippen molar-refractivity contribution in [2.24, 2.45) is 0 Å². The van der Waals surface area contributed by atoms with Crippen molar-refractivity contribution < 1.29 is 9.59 Å². The van der Waals surface area contributed by atoms with Gasteiger partial charge in [-0.3, -0.25) is 9.59 Å². The zero-order valence-corrected chi connectivity index (χ0v) is 25.4. The Morgan fingerprint density at radius 1 is 0.550 bits per heavy atom. The highest BCUT2D eigenvalue weighted by Gasteiger charge is 2.07. The van der Waals surface area contributed by atoms with Gasteiger partial charge in [0.15, 0.2) is 0 Å². The van der Waals surface area contributed by atoms with Gasteiger partial charge in [0.1, 0.15) is 0 Å². The van der Waals surface area contributed by atoms with E-state index >= 15 is 0 Å². The van der Waals surface area contributed by atoms with Gasteiger partial charge in [0.2, 0.25) is 5.91 Å². The number of carbonyl (C=O) groups excluding carboxylic acids is 2. The highest BCUT2D eigenvalue weighted by Crippen LogP contribution is 2.15. The van der Waals surface area contributed by atoms with Gasteiger partial charge >= 0.3 is 0 Å². The van der Waals surface area contributed by atoms with Crippen LogP contribution in [0.25, 0.3) is 0 Å². The molecule has 0 aliphatic rings. The summed E-state index contributed by atoms with van der Waals surface area (Å²) in [6.45, 7) is 2.78. The number of benzene rings is 2. The Labute approximate surface area is 245 Å². The van der Waals surface area contributed by atoms with Crippen LogP contribution in [-0.2, 0) is 11.3 Å². The number of hydrogen-bond donors (Lipinski definition) is 2. The lowest BCUT2D eigenvalue weighted by Gasteiger charge is -2.08. The van der Waals surface area contributed by atoms with Crippen LogP contribution in [0.5, 0.6) is 0 Å². The molecule has 4 nitrogen and oxygen atoms in total. The van der Waals surface area contributed by atoms with Crippen LogP contribution in [0.3, 0.4) is 0 Å². The Morgan fingerprint density at radius 2 is 1.00 bits per heavy atom. The summed E-state index contributed by atoms with van der Waals surface area (Å²) in [5.74, 6) is -0.0657. The number of amides is 2. The first-order chi connectivity index (χ1) is 19.7. The third-order valence-electron chi connectivity index (χ3n) is 7.73. The Morgan fingerprint density at radius 3 is 1.48 bits per heavy atom. The molecule has 0 bridgehead atoms. The maximum atomic E-state index is 12.4. The Bertz CT molecular complexity index is 895. The summed E-state index contributed by atoms with van der Waals surface area (Å²) in [4.78, 5) is 24.6. The summed E-state index contributed by atoms with van der Waals surface area (Å²) in [6, 6.07) is 17.0. The van der Waals surface area contributed by atoms with Crippen LogP contribution in [0.2, 0.25) is 0 Å². The fourth-order valence-corrected chi connectivity index (χ4v) is 5.17. The topological polar surface area (TPSA) is 58.2 Å². The quantitative estimate of drug-likeness (QED) is 0.128. The molecule has 222 valence electrons. The van der Waals surface area contributed by atoms with Crippen molar-refractivity contribution in [2.75, 3.05) is 5.32 Å². The van der Waals surface area contributed by atoms with E-state index in [1.165, 1.54) is 109 Å². The molecule has 0 fully saturated rings. The number of unbranched alkanes of at least 4 members (excludes halogenated alkanes) is 18. The molecule has 0 saturated heterocycles. The van der Waals surface area contributed by atoms with Crippen LogP contribution in [0, 0.1) is 0 Å². The normalized spacial score (nSPS) is 10.9. The van der Waals surface area contributed by atoms with Gasteiger partial charge < -0.3 is 10.6 Å². The third kappa shape index (κ3) is 17.2. The van der Waals surface area contributed by atoms with Crippen LogP contribution in [0.4, 0.5) is 5.69 Å². The molecular formula is C36H56N2O2. The van der Waals surface area contributed by atoms with Gasteiger partial charge in [-0.25, -0.2) is 0 Å². The SMILES string of the molecule is CCCCCCCCCCCCCCCCCCCCCC(=O)Nc1ccc(C(=O)NCc2ccccc2)cc1. The van der Waals surface area contributed by atoms with Crippen LogP contribution in [0.15, 0.2) is 54.6 Å². The van der Waals surface area contributed by atoms with E-state index in [0.29, 0.717) is 18.5 Å². The highest BCUT2D eigenvalue weighted by atomic mass is 16.2. The number of nitrogens with one attached hydrogen (secondary N) is 2. The minimum Gasteiger partial charge on any atom is -0.348 e. The molecule has 0 spiro atoms. The Hall–Kier alpha value is -2.62. The minimum atomic E-state index is -0.115. The van der Waals surface area contributed by atoms with E-state index in [-0.39, 0.29) is 11.8 Å². The zero-order chi connectivity index (χ0) is 28.5. The van der Waals surface area contributed by atoms with Crippen molar-refractivity contribution in [3.63, 3.8) is 0 Å². The van der Waals surface area contributed by atoms with E-state index in [9.17, 15) is 9.59 Å². The highest BCUT2D eigenvalue weighted by molar-refractivity contribution is 5.95. The van der Waals surface area contributed by atoms with Crippen LogP contribution < -0.4 is 10.6 Å². The maximum Gasteiger partial charge on any atom is 0.251 e. The summed E-state index contributed by atoms with van der Waals surface area (Å²) in [5.41, 5.74) is 2.39. The summed E-state index contributed by atoms with van der Waals surface area (Å²) < 4.78 is 0. The summed E-state index contributed by atoms with van der Waals surface area (Å²) >= 11 is 0. The first-order valence-electron chi connectivity index (χ1n) is 16.4. The Balaban J connectivity index is 1.37. The molecule has 40 heavy (non-hydrogen) atoms. The predicted octanol–water partition coefficient (Wildman–Crippen LogP) is 10.4. The molecule has 0 aromatic heterocycles. The van der Waals surface area contributed by atoms with E-state index in [1.54, 1.807) is 24.3 Å². The molecule has 0 atom stereocenters. The maximum absolute atomic E-state index is 12.4. The fraction of sp³-hybridized carbons (Fsp3) is 0.611. The molecule has 0 aliphatic heterocycles. The standard InChI is InChI=1S/C36H56N2O2/c1-2-3-4-5-6-7-8-9-10-11-12-13-14-15-16-17-18-19-23-26-35(39)38-34-29-27-33(28-30-34)36(40)37-31-32-24-21-20-22-25-32/h20-22,24-25,27-30H,2-19,23,26,31H2,1H3,(H,37,40)(H,38,39). The number of rotatable bonds is 24. The van der Waals surface area contributed by atoms with Crippen LogP contribution >= 0.6 is 0 Å². The molecule has 2 aromatic rings. The predicted molar refractivity (Wildman–Crippen MR) is 171 cm³/mol. The zero-order valence-electron chi connectivity index (χ0n) is 25.4. The molecule has 2 N–H and O–H groups in total. The van der Waals surface area contributed by atoms with Gasteiger partial charge in [0.25, 0.3) is 5.91 Å². The van der Waals surface area contributed by atoms with Gasteiger partial charge in [-0.05, 0) is 36.2 Å². The van der Waals surface area contributed by atoms with Gasteiger partial charge in [-0.1, -0.05) is 153 Å². The van der Waals surface area contributed by atoms with Crippen molar-refractivity contribution in [1.82, 2.24) is 5.32 Å². The monoisotopic (exact) mass is 548 g/mol. The fourth-order valence-electron chi connectivity index (χ4n) is 5.17. The van der Waals surface area contributed by atoms with Crippen molar-refractivity contribution in [2.45, 2.75) is 142 Å². The van der Waals surface area contributed by atoms with Gasteiger partial charge in [0.05, 0.1) is 0 Å². The molecule has 0 aliphatic carbocycles. The molecule has 0 unspecified atom stereocenters. The van der Waals surface area contributed by atoms with Gasteiger partial charge in [-0.15, -0.1) is 0 Å². The third-order valence-corrected chi connectivity index (χ3v) is 7.73. The van der Waals surface area contributed by atoms with Crippen molar-refractivity contribution in [1.29, 1.82) is 0 Å². The lowest BCUT2D eigenvalue weighted by Crippen LogP contribution is -2.22. The molecule has 2 rings (SSSR count). The minimum absolute atomic E-state index is 0.0493. The molecule has 2 aromatic carbocycles. The van der Waals surface area contributed by atoms with E-state index in [2.05, 4.69) is 17.6 Å². The number of carbonyl (C=O) groups is 2. The number of anilines is 1. The van der Waals surface area contributed by atoms with E-state index < -0.39 is 0 Å². The lowest BCUT2D eigenvalue weighted by molar-refractivity contribution is -0.116. The average Bonchev–Trinajstić information content (AvgIpc) is 2.98. The van der Waals surface area contributed by atoms with Crippen LogP contribution in [0.1, 0.15) is 151 Å². The van der Waals surface area contributed by atoms with Crippen molar-refractivity contribution >= 4 is 17.5 Å². The average molecular weight is 549 g/mol. The lowest BCUT2D eigenvalue weighted by atomic mass is 10.0. The number of hydrogen-bond acceptors (Lipinski definition) is 2. The molecule has 0 radical (unpaired) electrons. The second-order valence-electron chi connectivity index (χ2n) is 11.4. The molecule has 0 saturated carbocycles. The van der Waals surface area contributed by atoms with Gasteiger partial charge in [-0.2, -0.15) is 0 Å². The first-order valence-corrected chi connectivity index (χ1v) is 16.4.